The van der Waals surface area contributed by atoms with Gasteiger partial charge in [0.25, 0.3) is 0 Å². The van der Waals surface area contributed by atoms with Crippen molar-refractivity contribution in [3.8, 4) is 0 Å². The average molecular weight is 541 g/mol. The van der Waals surface area contributed by atoms with E-state index in [4.69, 9.17) is 0 Å². The first kappa shape index (κ1) is 28.9. The molecule has 3 aromatic rings. The molecule has 4 amide bonds. The first-order chi connectivity index (χ1) is 19.5. The first-order valence-corrected chi connectivity index (χ1v) is 14.0. The Bertz CT molecular complexity index is 1210. The van der Waals surface area contributed by atoms with E-state index in [-0.39, 0.29) is 30.8 Å². The molecular weight excluding hydrogens is 500 g/mol. The van der Waals surface area contributed by atoms with Gasteiger partial charge in [-0.25, -0.2) is 9.59 Å². The summed E-state index contributed by atoms with van der Waals surface area (Å²) in [6.07, 6.45) is 3.85. The summed E-state index contributed by atoms with van der Waals surface area (Å²) < 4.78 is 0. The fourth-order valence-corrected chi connectivity index (χ4v) is 5.37. The molecule has 1 aliphatic heterocycles. The minimum atomic E-state index is -0.315. The highest BCUT2D eigenvalue weighted by molar-refractivity contribution is 5.99. The molecule has 2 unspecified atom stereocenters. The highest BCUT2D eigenvalue weighted by atomic mass is 16.3. The molecule has 0 bridgehead atoms. The third-order valence-corrected chi connectivity index (χ3v) is 7.45. The highest BCUT2D eigenvalue weighted by Gasteiger charge is 2.40. The molecule has 1 aliphatic rings. The summed E-state index contributed by atoms with van der Waals surface area (Å²) >= 11 is 0. The number of nitrogens with zero attached hydrogens (tertiary/aromatic N) is 4. The van der Waals surface area contributed by atoms with Crippen molar-refractivity contribution in [1.29, 1.82) is 0 Å². The Labute approximate surface area is 237 Å². The maximum atomic E-state index is 14.3. The number of aliphatic hydroxyl groups excluding tert-OH is 1. The lowest BCUT2D eigenvalue weighted by atomic mass is 10.0. The van der Waals surface area contributed by atoms with Gasteiger partial charge in [-0.3, -0.25) is 4.90 Å². The number of benzene rings is 3. The second-order valence-electron chi connectivity index (χ2n) is 10.3. The van der Waals surface area contributed by atoms with E-state index in [1.165, 1.54) is 0 Å². The molecule has 7 nitrogen and oxygen atoms in total. The zero-order valence-corrected chi connectivity index (χ0v) is 23.5. The van der Waals surface area contributed by atoms with Gasteiger partial charge in [-0.05, 0) is 48.2 Å². The Kier molecular flexibility index (Phi) is 9.97. The van der Waals surface area contributed by atoms with Gasteiger partial charge in [0, 0.05) is 33.3 Å². The molecule has 7 heteroatoms. The van der Waals surface area contributed by atoms with Gasteiger partial charge in [-0.2, -0.15) is 0 Å². The van der Waals surface area contributed by atoms with E-state index >= 15 is 0 Å². The molecule has 0 radical (unpaired) electrons. The predicted molar refractivity (Wildman–Crippen MR) is 161 cm³/mol. The number of rotatable bonds is 9. The predicted octanol–water partition coefficient (Wildman–Crippen LogP) is 6.38. The molecule has 1 N–H and O–H groups in total. The van der Waals surface area contributed by atoms with Crippen molar-refractivity contribution < 1.29 is 14.7 Å². The topological polar surface area (TPSA) is 67.3 Å². The van der Waals surface area contributed by atoms with Crippen LogP contribution >= 0.6 is 0 Å². The molecule has 1 heterocycles. The minimum absolute atomic E-state index is 0.0655. The van der Waals surface area contributed by atoms with Crippen LogP contribution in [0.25, 0.3) is 6.08 Å². The van der Waals surface area contributed by atoms with Crippen LogP contribution in [0, 0.1) is 0 Å². The molecule has 210 valence electrons. The van der Waals surface area contributed by atoms with Gasteiger partial charge in [-0.15, -0.1) is 0 Å². The van der Waals surface area contributed by atoms with Crippen molar-refractivity contribution in [1.82, 2.24) is 14.7 Å². The number of amides is 4. The van der Waals surface area contributed by atoms with E-state index in [1.54, 1.807) is 15.9 Å². The Morgan fingerprint density at radius 1 is 0.850 bits per heavy atom. The van der Waals surface area contributed by atoms with E-state index in [9.17, 15) is 14.7 Å². The summed E-state index contributed by atoms with van der Waals surface area (Å²) in [6, 6.07) is 26.6. The van der Waals surface area contributed by atoms with Crippen LogP contribution in [0.2, 0.25) is 0 Å². The maximum Gasteiger partial charge on any atom is 0.329 e. The molecule has 3 aromatic carbocycles. The summed E-state index contributed by atoms with van der Waals surface area (Å²) in [7, 11) is 1.82. The van der Waals surface area contributed by atoms with E-state index in [1.807, 2.05) is 102 Å². The molecule has 0 spiro atoms. The molecular formula is C33H40N4O3. The molecule has 4 rings (SSSR count). The number of para-hydroxylation sites is 2. The molecule has 1 fully saturated rings. The summed E-state index contributed by atoms with van der Waals surface area (Å²) in [6.45, 7) is 7.08. The van der Waals surface area contributed by atoms with Gasteiger partial charge in [0.2, 0.25) is 0 Å². The number of carbonyl (C=O) groups excluding carboxylic acids is 2. The zero-order valence-electron chi connectivity index (χ0n) is 23.5. The number of aliphatic hydroxyl groups is 1. The number of carbonyl (C=O) groups is 2. The molecule has 0 saturated carbocycles. The third kappa shape index (κ3) is 6.72. The van der Waals surface area contributed by atoms with E-state index < -0.39 is 0 Å². The van der Waals surface area contributed by atoms with E-state index in [0.29, 0.717) is 26.1 Å². The fraction of sp³-hybridized carbons (Fsp3) is 0.333. The summed E-state index contributed by atoms with van der Waals surface area (Å²) in [5, 5.41) is 9.96. The molecule has 0 aliphatic carbocycles. The van der Waals surface area contributed by atoms with Crippen molar-refractivity contribution in [2.75, 3.05) is 31.6 Å². The van der Waals surface area contributed by atoms with Crippen molar-refractivity contribution in [3.63, 3.8) is 0 Å². The number of piperazine rings is 1. The largest absolute Gasteiger partial charge is 0.396 e. The van der Waals surface area contributed by atoms with Crippen LogP contribution in [-0.2, 0) is 6.54 Å². The summed E-state index contributed by atoms with van der Waals surface area (Å²) in [5.74, 6) is 0. The number of hydrogen-bond acceptors (Lipinski definition) is 3. The monoisotopic (exact) mass is 540 g/mol. The van der Waals surface area contributed by atoms with Gasteiger partial charge in [0.15, 0.2) is 0 Å². The number of anilines is 2. The van der Waals surface area contributed by atoms with Crippen molar-refractivity contribution in [2.24, 2.45) is 0 Å². The van der Waals surface area contributed by atoms with Crippen LogP contribution in [0.4, 0.5) is 21.0 Å². The van der Waals surface area contributed by atoms with Crippen LogP contribution in [0.5, 0.6) is 0 Å². The van der Waals surface area contributed by atoms with Crippen LogP contribution in [0.15, 0.2) is 91.5 Å². The van der Waals surface area contributed by atoms with Gasteiger partial charge >= 0.3 is 12.1 Å². The normalized spacial score (nSPS) is 16.9. The number of hydrogen-bond donors (Lipinski definition) is 1. The molecule has 0 aromatic heterocycles. The Morgan fingerprint density at radius 3 is 1.88 bits per heavy atom. The van der Waals surface area contributed by atoms with Crippen molar-refractivity contribution >= 4 is 29.5 Å². The van der Waals surface area contributed by atoms with E-state index in [2.05, 4.69) is 13.5 Å². The SMILES string of the molecule is C=Cc1ccc(CN(C)C(=O)N2CC(CCO)N(C(=O)N(c3ccccc3)c3ccccc3)CC2CCC)cc1. The highest BCUT2D eigenvalue weighted by Crippen LogP contribution is 2.30. The lowest BCUT2D eigenvalue weighted by Crippen LogP contribution is -2.64. The standard InChI is InChI=1S/C33H40N4O3/c1-4-12-30-24-36(33(40)37(28-13-8-6-9-14-28)29-15-10-7-11-16-29)31(21-22-38)25-35(30)32(39)34(3)23-27-19-17-26(5-2)18-20-27/h5-11,13-20,30-31,38H,2,4,12,21-25H2,1,3H3. The van der Waals surface area contributed by atoms with Crippen LogP contribution < -0.4 is 4.90 Å². The average Bonchev–Trinajstić information content (AvgIpc) is 2.99. The summed E-state index contributed by atoms with van der Waals surface area (Å²) in [5.41, 5.74) is 3.62. The summed E-state index contributed by atoms with van der Waals surface area (Å²) in [4.78, 5) is 35.3. The molecule has 2 atom stereocenters. The van der Waals surface area contributed by atoms with Crippen LogP contribution in [-0.4, -0.2) is 70.7 Å². The van der Waals surface area contributed by atoms with Crippen LogP contribution in [0.3, 0.4) is 0 Å². The Hall–Kier alpha value is -4.10. The zero-order chi connectivity index (χ0) is 28.5. The van der Waals surface area contributed by atoms with Gasteiger partial charge in [0.1, 0.15) is 0 Å². The molecule has 1 saturated heterocycles. The lowest BCUT2D eigenvalue weighted by Gasteiger charge is -2.48. The van der Waals surface area contributed by atoms with Crippen molar-refractivity contribution in [2.45, 2.75) is 44.8 Å². The van der Waals surface area contributed by atoms with Crippen LogP contribution in [0.1, 0.15) is 37.3 Å². The van der Waals surface area contributed by atoms with Gasteiger partial charge in [0.05, 0.1) is 23.5 Å². The van der Waals surface area contributed by atoms with E-state index in [0.717, 1.165) is 35.3 Å². The second-order valence-corrected chi connectivity index (χ2v) is 10.3. The Balaban J connectivity index is 1.59. The van der Waals surface area contributed by atoms with Gasteiger partial charge in [-0.1, -0.05) is 86.7 Å². The maximum absolute atomic E-state index is 14.3. The Morgan fingerprint density at radius 2 is 1.38 bits per heavy atom. The molecule has 40 heavy (non-hydrogen) atoms. The minimum Gasteiger partial charge on any atom is -0.396 e. The van der Waals surface area contributed by atoms with Crippen molar-refractivity contribution in [3.05, 3.63) is 103 Å². The van der Waals surface area contributed by atoms with Gasteiger partial charge < -0.3 is 19.8 Å². The lowest BCUT2D eigenvalue weighted by molar-refractivity contribution is 0.0466. The smallest absolute Gasteiger partial charge is 0.329 e. The second kappa shape index (κ2) is 13.8. The third-order valence-electron chi connectivity index (χ3n) is 7.45. The number of urea groups is 2. The quantitative estimate of drug-likeness (QED) is 0.343. The fourth-order valence-electron chi connectivity index (χ4n) is 5.37. The first-order valence-electron chi connectivity index (χ1n) is 14.0.